The highest BCUT2D eigenvalue weighted by Gasteiger charge is 2.29. The van der Waals surface area contributed by atoms with Gasteiger partial charge in [0, 0.05) is 5.75 Å². The Labute approximate surface area is 143 Å². The van der Waals surface area contributed by atoms with E-state index in [4.69, 9.17) is 21.4 Å². The summed E-state index contributed by atoms with van der Waals surface area (Å²) in [4.78, 5) is 8.87. The fraction of sp³-hybridized carbons (Fsp3) is 0.714. The molecule has 3 rings (SSSR count). The molecule has 0 aromatic carbocycles. The van der Waals surface area contributed by atoms with Gasteiger partial charge in [0.25, 0.3) is 0 Å². The molecule has 1 fully saturated rings. The molecule has 2 aromatic rings. The molecule has 0 aliphatic heterocycles. The van der Waals surface area contributed by atoms with Gasteiger partial charge in [0.15, 0.2) is 21.5 Å². The van der Waals surface area contributed by atoms with E-state index in [9.17, 15) is 0 Å². The number of thioether (sulfide) groups is 1. The van der Waals surface area contributed by atoms with Crippen LogP contribution in [0.3, 0.4) is 0 Å². The molecule has 1 saturated carbocycles. The van der Waals surface area contributed by atoms with Gasteiger partial charge < -0.3 is 9.84 Å². The Hall–Kier alpha value is -0.960. The predicted molar refractivity (Wildman–Crippen MR) is 88.9 cm³/mol. The normalized spacial score (nSPS) is 21.3. The van der Waals surface area contributed by atoms with Crippen molar-refractivity contribution in [2.75, 3.05) is 19.0 Å². The second-order valence-corrected chi connectivity index (χ2v) is 6.96. The van der Waals surface area contributed by atoms with Gasteiger partial charge in [0.05, 0.1) is 25.4 Å². The molecule has 7 nitrogen and oxygen atoms in total. The summed E-state index contributed by atoms with van der Waals surface area (Å²) in [6.45, 7) is 2.54. The molecule has 2 heterocycles. The molecular weight excluding hydrogens is 338 g/mol. The first kappa shape index (κ1) is 16.9. The zero-order chi connectivity index (χ0) is 16.2. The Bertz CT molecular complexity index is 668. The Balaban J connectivity index is 1.82. The smallest absolute Gasteiger partial charge is 0.191 e. The Morgan fingerprint density at radius 1 is 1.39 bits per heavy atom. The van der Waals surface area contributed by atoms with Gasteiger partial charge in [-0.25, -0.2) is 14.6 Å². The maximum atomic E-state index is 8.86. The zero-order valence-electron chi connectivity index (χ0n) is 13.0. The molecule has 1 aliphatic rings. The Morgan fingerprint density at radius 3 is 3.04 bits per heavy atom. The summed E-state index contributed by atoms with van der Waals surface area (Å²) in [5.74, 6) is 0.948. The number of rotatable bonds is 7. The molecule has 126 valence electrons. The van der Waals surface area contributed by atoms with Crippen LogP contribution in [0.2, 0.25) is 5.15 Å². The van der Waals surface area contributed by atoms with Crippen molar-refractivity contribution in [3.8, 4) is 0 Å². The van der Waals surface area contributed by atoms with Crippen LogP contribution in [0.1, 0.15) is 38.6 Å². The molecule has 0 amide bonds. The summed E-state index contributed by atoms with van der Waals surface area (Å²) in [7, 11) is 0. The van der Waals surface area contributed by atoms with E-state index in [2.05, 4.69) is 27.2 Å². The second kappa shape index (κ2) is 7.74. The number of hydrogen-bond acceptors (Lipinski definition) is 7. The zero-order valence-corrected chi connectivity index (χ0v) is 14.6. The number of ether oxygens (including phenoxy) is 1. The molecule has 0 radical (unpaired) electrons. The standard InChI is InChI=1S/C14H20ClN5O2S/c1-2-7-23-14-16-12(15)11-13(17-14)20(19-18-11)9-3-4-10(8-9)22-6-5-21/h9-10,21H,2-8H2,1H3. The number of aliphatic hydroxyl groups excluding tert-OH is 1. The number of fused-ring (bicyclic) bond motifs is 1. The molecule has 2 unspecified atom stereocenters. The number of nitrogens with zero attached hydrogens (tertiary/aromatic N) is 5. The monoisotopic (exact) mass is 357 g/mol. The lowest BCUT2D eigenvalue weighted by Gasteiger charge is -2.12. The summed E-state index contributed by atoms with van der Waals surface area (Å²) in [5, 5.41) is 18.3. The maximum Gasteiger partial charge on any atom is 0.191 e. The van der Waals surface area contributed by atoms with Crippen molar-refractivity contribution in [1.82, 2.24) is 25.0 Å². The average Bonchev–Trinajstić information content (AvgIpc) is 3.17. The highest BCUT2D eigenvalue weighted by Crippen LogP contribution is 2.34. The minimum absolute atomic E-state index is 0.0499. The lowest BCUT2D eigenvalue weighted by Crippen LogP contribution is -2.14. The van der Waals surface area contributed by atoms with Gasteiger partial charge >= 0.3 is 0 Å². The molecule has 1 N–H and O–H groups in total. The van der Waals surface area contributed by atoms with Crippen LogP contribution in [0.25, 0.3) is 11.2 Å². The van der Waals surface area contributed by atoms with Crippen LogP contribution in [0.5, 0.6) is 0 Å². The van der Waals surface area contributed by atoms with Gasteiger partial charge in [-0.15, -0.1) is 5.10 Å². The van der Waals surface area contributed by atoms with Crippen molar-refractivity contribution in [2.45, 2.75) is 49.9 Å². The van der Waals surface area contributed by atoms with Crippen LogP contribution in [0, 0.1) is 0 Å². The van der Waals surface area contributed by atoms with E-state index in [1.165, 1.54) is 0 Å². The van der Waals surface area contributed by atoms with Gasteiger partial charge in [0.2, 0.25) is 0 Å². The molecule has 0 bridgehead atoms. The summed E-state index contributed by atoms with van der Waals surface area (Å²) in [5.41, 5.74) is 1.24. The fourth-order valence-electron chi connectivity index (χ4n) is 2.79. The number of hydrogen-bond donors (Lipinski definition) is 1. The lowest BCUT2D eigenvalue weighted by molar-refractivity contribution is 0.0309. The summed E-state index contributed by atoms with van der Waals surface area (Å²) < 4.78 is 7.47. The third-order valence-corrected chi connectivity index (χ3v) is 5.16. The van der Waals surface area contributed by atoms with E-state index in [0.717, 1.165) is 31.4 Å². The van der Waals surface area contributed by atoms with E-state index in [-0.39, 0.29) is 18.8 Å². The molecule has 1 aliphatic carbocycles. The fourth-order valence-corrected chi connectivity index (χ4v) is 3.74. The van der Waals surface area contributed by atoms with Crippen LogP contribution >= 0.6 is 23.4 Å². The summed E-state index contributed by atoms with van der Waals surface area (Å²) in [6, 6.07) is 0.193. The maximum absolute atomic E-state index is 8.86. The van der Waals surface area contributed by atoms with Gasteiger partial charge in [-0.05, 0) is 25.7 Å². The number of halogens is 1. The Morgan fingerprint density at radius 2 is 2.26 bits per heavy atom. The molecule has 23 heavy (non-hydrogen) atoms. The van der Waals surface area contributed by atoms with Crippen LogP contribution in [-0.4, -0.2) is 55.1 Å². The highest BCUT2D eigenvalue weighted by molar-refractivity contribution is 7.99. The molecule has 2 aromatic heterocycles. The first-order chi connectivity index (χ1) is 11.2. The third kappa shape index (κ3) is 3.76. The van der Waals surface area contributed by atoms with E-state index >= 15 is 0 Å². The quantitative estimate of drug-likeness (QED) is 0.462. The predicted octanol–water partition coefficient (Wildman–Crippen LogP) is 2.48. The topological polar surface area (TPSA) is 86.0 Å². The average molecular weight is 358 g/mol. The second-order valence-electron chi connectivity index (χ2n) is 5.53. The van der Waals surface area contributed by atoms with Crippen molar-refractivity contribution in [3.05, 3.63) is 5.15 Å². The molecule has 0 saturated heterocycles. The van der Waals surface area contributed by atoms with Crippen LogP contribution < -0.4 is 0 Å². The van der Waals surface area contributed by atoms with Crippen molar-refractivity contribution in [1.29, 1.82) is 0 Å². The minimum atomic E-state index is 0.0499. The van der Waals surface area contributed by atoms with Crippen molar-refractivity contribution in [2.24, 2.45) is 0 Å². The largest absolute Gasteiger partial charge is 0.394 e. The minimum Gasteiger partial charge on any atom is -0.394 e. The Kier molecular flexibility index (Phi) is 5.68. The summed E-state index contributed by atoms with van der Waals surface area (Å²) >= 11 is 7.81. The van der Waals surface area contributed by atoms with E-state index in [0.29, 0.717) is 28.1 Å². The van der Waals surface area contributed by atoms with E-state index < -0.39 is 0 Å². The van der Waals surface area contributed by atoms with Crippen LogP contribution in [-0.2, 0) is 4.74 Å². The van der Waals surface area contributed by atoms with Crippen molar-refractivity contribution in [3.63, 3.8) is 0 Å². The molecule has 0 spiro atoms. The summed E-state index contributed by atoms with van der Waals surface area (Å²) in [6.07, 6.45) is 3.94. The van der Waals surface area contributed by atoms with E-state index in [1.807, 2.05) is 4.68 Å². The van der Waals surface area contributed by atoms with Gasteiger partial charge in [0.1, 0.15) is 0 Å². The number of aromatic nitrogens is 5. The van der Waals surface area contributed by atoms with Crippen LogP contribution in [0.4, 0.5) is 0 Å². The molecular formula is C14H20ClN5O2S. The van der Waals surface area contributed by atoms with Crippen LogP contribution in [0.15, 0.2) is 5.16 Å². The lowest BCUT2D eigenvalue weighted by atomic mass is 10.2. The third-order valence-electron chi connectivity index (χ3n) is 3.84. The first-order valence-electron chi connectivity index (χ1n) is 7.86. The number of aliphatic hydroxyl groups is 1. The van der Waals surface area contributed by atoms with Gasteiger partial charge in [-0.3, -0.25) is 0 Å². The van der Waals surface area contributed by atoms with Gasteiger partial charge in [-0.1, -0.05) is 35.5 Å². The van der Waals surface area contributed by atoms with E-state index in [1.54, 1.807) is 11.8 Å². The molecule has 2 atom stereocenters. The molecule has 9 heteroatoms. The van der Waals surface area contributed by atoms with Gasteiger partial charge in [-0.2, -0.15) is 0 Å². The highest BCUT2D eigenvalue weighted by atomic mass is 35.5. The van der Waals surface area contributed by atoms with Crippen molar-refractivity contribution < 1.29 is 9.84 Å². The van der Waals surface area contributed by atoms with Crippen molar-refractivity contribution >= 4 is 34.5 Å². The SMILES string of the molecule is CCCSc1nc(Cl)c2nnn(C3CCC(OCCO)C3)c2n1. The first-order valence-corrected chi connectivity index (χ1v) is 9.23.